The first-order valence-corrected chi connectivity index (χ1v) is 11.9. The quantitative estimate of drug-likeness (QED) is 0.378. The van der Waals surface area contributed by atoms with Crippen molar-refractivity contribution < 1.29 is 9.53 Å². The molecule has 1 heterocycles. The van der Waals surface area contributed by atoms with Gasteiger partial charge in [0.2, 0.25) is 0 Å². The molecular weight excluding hydrogens is 453 g/mol. The summed E-state index contributed by atoms with van der Waals surface area (Å²) in [6.07, 6.45) is 0. The van der Waals surface area contributed by atoms with Crippen LogP contribution in [0.5, 0.6) is 5.75 Å². The highest BCUT2D eigenvalue weighted by Gasteiger charge is 2.21. The zero-order valence-corrected chi connectivity index (χ0v) is 20.6. The molecule has 0 N–H and O–H groups in total. The monoisotopic (exact) mass is 479 g/mol. The SMILES string of the molecule is CCN(CC)CCN(C(=O)COc1ccc(Cl)cc1Cl)c1nc2cc(C)c(C)cc2s1. The van der Waals surface area contributed by atoms with E-state index >= 15 is 0 Å². The summed E-state index contributed by atoms with van der Waals surface area (Å²) in [5.41, 5.74) is 3.31. The van der Waals surface area contributed by atoms with Crippen molar-refractivity contribution in [3.8, 4) is 5.75 Å². The molecule has 0 radical (unpaired) electrons. The molecule has 2 aromatic carbocycles. The highest BCUT2D eigenvalue weighted by molar-refractivity contribution is 7.22. The largest absolute Gasteiger partial charge is 0.482 e. The van der Waals surface area contributed by atoms with E-state index in [0.29, 0.717) is 27.5 Å². The minimum Gasteiger partial charge on any atom is -0.482 e. The molecule has 0 spiro atoms. The maximum atomic E-state index is 13.2. The lowest BCUT2D eigenvalue weighted by molar-refractivity contribution is -0.120. The number of rotatable bonds is 9. The number of aryl methyl sites for hydroxylation is 2. The number of amides is 1. The van der Waals surface area contributed by atoms with E-state index < -0.39 is 0 Å². The zero-order valence-electron chi connectivity index (χ0n) is 18.2. The molecule has 0 aliphatic carbocycles. The van der Waals surface area contributed by atoms with Crippen molar-refractivity contribution in [2.45, 2.75) is 27.7 Å². The Labute approximate surface area is 197 Å². The molecule has 0 fully saturated rings. The first-order valence-electron chi connectivity index (χ1n) is 10.3. The van der Waals surface area contributed by atoms with Crippen molar-refractivity contribution in [3.05, 3.63) is 51.5 Å². The molecule has 8 heteroatoms. The summed E-state index contributed by atoms with van der Waals surface area (Å²) >= 11 is 13.7. The van der Waals surface area contributed by atoms with Gasteiger partial charge in [-0.25, -0.2) is 4.98 Å². The van der Waals surface area contributed by atoms with Crippen molar-refractivity contribution in [2.24, 2.45) is 0 Å². The Hall–Kier alpha value is -1.86. The Morgan fingerprint density at radius 3 is 2.45 bits per heavy atom. The molecule has 0 saturated carbocycles. The lowest BCUT2D eigenvalue weighted by Crippen LogP contribution is -2.41. The van der Waals surface area contributed by atoms with Crippen LogP contribution in [0.25, 0.3) is 10.2 Å². The molecule has 5 nitrogen and oxygen atoms in total. The van der Waals surface area contributed by atoms with E-state index in [1.165, 1.54) is 22.5 Å². The lowest BCUT2D eigenvalue weighted by Gasteiger charge is -2.24. The van der Waals surface area contributed by atoms with E-state index in [0.717, 1.165) is 29.9 Å². The van der Waals surface area contributed by atoms with Gasteiger partial charge in [0.05, 0.1) is 15.2 Å². The predicted octanol–water partition coefficient (Wildman–Crippen LogP) is 5.97. The van der Waals surface area contributed by atoms with Crippen LogP contribution >= 0.6 is 34.5 Å². The fraction of sp³-hybridized carbons (Fsp3) is 0.391. The van der Waals surface area contributed by atoms with Crippen molar-refractivity contribution in [1.29, 1.82) is 0 Å². The molecule has 3 rings (SSSR count). The number of hydrogen-bond donors (Lipinski definition) is 0. The summed E-state index contributed by atoms with van der Waals surface area (Å²) in [6, 6.07) is 9.15. The third kappa shape index (κ3) is 5.89. The number of carbonyl (C=O) groups excluding carboxylic acids is 1. The van der Waals surface area contributed by atoms with Crippen LogP contribution in [0.3, 0.4) is 0 Å². The van der Waals surface area contributed by atoms with Crippen molar-refractivity contribution in [1.82, 2.24) is 9.88 Å². The second-order valence-corrected chi connectivity index (χ2v) is 9.19. The lowest BCUT2D eigenvalue weighted by atomic mass is 10.1. The maximum absolute atomic E-state index is 13.2. The van der Waals surface area contributed by atoms with Crippen LogP contribution in [0.15, 0.2) is 30.3 Å². The molecule has 1 amide bonds. The number of anilines is 1. The van der Waals surface area contributed by atoms with Crippen molar-refractivity contribution in [2.75, 3.05) is 37.7 Å². The Balaban J connectivity index is 1.83. The van der Waals surface area contributed by atoms with Crippen molar-refractivity contribution in [3.63, 3.8) is 0 Å². The van der Waals surface area contributed by atoms with Gasteiger partial charge in [0, 0.05) is 18.1 Å². The standard InChI is InChI=1S/C23H27Cl2N3O2S/c1-5-27(6-2)9-10-28(22(29)14-30-20-8-7-17(24)13-18(20)25)23-26-19-11-15(3)16(4)12-21(19)31-23/h7-8,11-13H,5-6,9-10,14H2,1-4H3. The van der Waals surface area contributed by atoms with Crippen LogP contribution in [0.1, 0.15) is 25.0 Å². The first-order chi connectivity index (χ1) is 14.8. The number of thiazole rings is 1. The van der Waals surface area contributed by atoms with Gasteiger partial charge in [-0.3, -0.25) is 9.69 Å². The third-order valence-corrected chi connectivity index (χ3v) is 6.88. The zero-order chi connectivity index (χ0) is 22.5. The second-order valence-electron chi connectivity index (χ2n) is 7.34. The molecule has 0 bridgehead atoms. The highest BCUT2D eigenvalue weighted by Crippen LogP contribution is 2.31. The Morgan fingerprint density at radius 1 is 1.06 bits per heavy atom. The van der Waals surface area contributed by atoms with Gasteiger partial charge >= 0.3 is 0 Å². The molecular formula is C23H27Cl2N3O2S. The second kappa shape index (κ2) is 10.6. The topological polar surface area (TPSA) is 45.7 Å². The van der Waals surface area contributed by atoms with Gasteiger partial charge < -0.3 is 9.64 Å². The average molecular weight is 480 g/mol. The van der Waals surface area contributed by atoms with E-state index in [9.17, 15) is 4.79 Å². The summed E-state index contributed by atoms with van der Waals surface area (Å²) in [5, 5.41) is 1.58. The number of hydrogen-bond acceptors (Lipinski definition) is 5. The minimum absolute atomic E-state index is 0.131. The van der Waals surface area contributed by atoms with Crippen LogP contribution < -0.4 is 9.64 Å². The predicted molar refractivity (Wildman–Crippen MR) is 131 cm³/mol. The smallest absolute Gasteiger partial charge is 0.266 e. The number of aromatic nitrogens is 1. The molecule has 3 aromatic rings. The van der Waals surface area contributed by atoms with E-state index in [-0.39, 0.29) is 12.5 Å². The van der Waals surface area contributed by atoms with Gasteiger partial charge in [0.15, 0.2) is 11.7 Å². The van der Waals surface area contributed by atoms with Gasteiger partial charge in [-0.1, -0.05) is 48.4 Å². The first kappa shape index (κ1) is 23.8. The molecule has 0 atom stereocenters. The number of likely N-dealkylation sites (N-methyl/N-ethyl adjacent to an activating group) is 1. The molecule has 0 aliphatic rings. The number of benzene rings is 2. The summed E-state index contributed by atoms with van der Waals surface area (Å²) in [6.45, 7) is 11.4. The highest BCUT2D eigenvalue weighted by atomic mass is 35.5. The fourth-order valence-corrected chi connectivity index (χ4v) is 4.75. The van der Waals surface area contributed by atoms with Crippen LogP contribution in [0, 0.1) is 13.8 Å². The Morgan fingerprint density at radius 2 is 1.77 bits per heavy atom. The summed E-state index contributed by atoms with van der Waals surface area (Å²) < 4.78 is 6.78. The van der Waals surface area contributed by atoms with Gasteiger partial charge in [-0.05, 0) is 68.4 Å². The van der Waals surface area contributed by atoms with E-state index in [1.807, 2.05) is 0 Å². The van der Waals surface area contributed by atoms with E-state index in [2.05, 4.69) is 44.7 Å². The Bertz CT molecular complexity index is 1030. The molecule has 0 unspecified atom stereocenters. The van der Waals surface area contributed by atoms with Crippen LogP contribution in [-0.2, 0) is 4.79 Å². The van der Waals surface area contributed by atoms with Gasteiger partial charge in [0.25, 0.3) is 5.91 Å². The molecule has 166 valence electrons. The minimum atomic E-state index is -0.161. The number of ether oxygens (including phenoxy) is 1. The summed E-state index contributed by atoms with van der Waals surface area (Å²) in [5.74, 6) is 0.268. The number of nitrogens with zero attached hydrogens (tertiary/aromatic N) is 3. The maximum Gasteiger partial charge on any atom is 0.266 e. The normalized spacial score (nSPS) is 11.3. The van der Waals surface area contributed by atoms with Crippen LogP contribution in [0.2, 0.25) is 10.0 Å². The van der Waals surface area contributed by atoms with Crippen LogP contribution in [-0.4, -0.2) is 48.6 Å². The summed E-state index contributed by atoms with van der Waals surface area (Å²) in [4.78, 5) is 21.9. The van der Waals surface area contributed by atoms with Gasteiger partial charge in [-0.2, -0.15) is 0 Å². The number of halogens is 2. The van der Waals surface area contributed by atoms with Gasteiger partial charge in [-0.15, -0.1) is 0 Å². The molecule has 0 aliphatic heterocycles. The molecule has 31 heavy (non-hydrogen) atoms. The van der Waals surface area contributed by atoms with E-state index in [4.69, 9.17) is 32.9 Å². The summed E-state index contributed by atoms with van der Waals surface area (Å²) in [7, 11) is 0. The molecule has 0 saturated heterocycles. The van der Waals surface area contributed by atoms with Crippen molar-refractivity contribution >= 4 is 55.8 Å². The molecule has 1 aromatic heterocycles. The number of carbonyl (C=O) groups is 1. The van der Waals surface area contributed by atoms with Crippen LogP contribution in [0.4, 0.5) is 5.13 Å². The van der Waals surface area contributed by atoms with Gasteiger partial charge in [0.1, 0.15) is 5.75 Å². The third-order valence-electron chi connectivity index (χ3n) is 5.30. The Kier molecular flexibility index (Phi) is 8.17. The fourth-order valence-electron chi connectivity index (χ4n) is 3.20. The number of fused-ring (bicyclic) bond motifs is 1. The van der Waals surface area contributed by atoms with E-state index in [1.54, 1.807) is 23.1 Å². The average Bonchev–Trinajstić information content (AvgIpc) is 3.13.